The van der Waals surface area contributed by atoms with Crippen molar-refractivity contribution in [1.29, 1.82) is 0 Å². The van der Waals surface area contributed by atoms with E-state index in [-0.39, 0.29) is 18.1 Å². The molecule has 5 rings (SSSR count). The number of aryl methyl sites for hydroxylation is 1. The zero-order chi connectivity index (χ0) is 30.6. The molecule has 0 bridgehead atoms. The number of aliphatic hydroxyl groups is 1. The Labute approximate surface area is 256 Å². The summed E-state index contributed by atoms with van der Waals surface area (Å²) in [7, 11) is 0. The second kappa shape index (κ2) is 13.6. The van der Waals surface area contributed by atoms with Gasteiger partial charge in [-0.1, -0.05) is 29.8 Å². The molecule has 7 nitrogen and oxygen atoms in total. The number of thiophene rings is 1. The summed E-state index contributed by atoms with van der Waals surface area (Å²) in [5.41, 5.74) is 4.23. The molecule has 1 aromatic heterocycles. The fraction of sp³-hybridized carbons (Fsp3) is 0.387. The average Bonchev–Trinajstić information content (AvgIpc) is 3.35. The Hall–Kier alpha value is -3.25. The molecular formula is C31H32ClF3N4O3S. The van der Waals surface area contributed by atoms with Gasteiger partial charge in [0.05, 0.1) is 22.4 Å². The van der Waals surface area contributed by atoms with Crippen molar-refractivity contribution in [2.24, 2.45) is 11.0 Å². The minimum atomic E-state index is -4.62. The summed E-state index contributed by atoms with van der Waals surface area (Å²) in [6.45, 7) is 2.71. The lowest BCUT2D eigenvalue weighted by molar-refractivity contribution is -0.137. The summed E-state index contributed by atoms with van der Waals surface area (Å²) in [6.07, 6.45) is 1.77. The minimum Gasteiger partial charge on any atom is -0.396 e. The average molecular weight is 633 g/mol. The monoisotopic (exact) mass is 632 g/mol. The number of hydrazone groups is 1. The summed E-state index contributed by atoms with van der Waals surface area (Å²) in [6, 6.07) is 10.8. The van der Waals surface area contributed by atoms with Gasteiger partial charge >= 0.3 is 6.18 Å². The summed E-state index contributed by atoms with van der Waals surface area (Å²) in [4.78, 5) is 30.0. The molecule has 0 saturated carbocycles. The number of fused-ring (bicyclic) bond motifs is 1. The van der Waals surface area contributed by atoms with Crippen LogP contribution in [-0.2, 0) is 25.6 Å². The first-order valence-corrected chi connectivity index (χ1v) is 15.4. The quantitative estimate of drug-likeness (QED) is 0.195. The molecule has 3 aromatic rings. The normalized spacial score (nSPS) is 16.3. The van der Waals surface area contributed by atoms with Crippen LogP contribution in [0.25, 0.3) is 0 Å². The molecule has 12 heteroatoms. The smallest absolute Gasteiger partial charge is 0.396 e. The number of carbonyl (C=O) groups is 2. The first kappa shape index (κ1) is 31.2. The molecule has 2 heterocycles. The third kappa shape index (κ3) is 7.64. The summed E-state index contributed by atoms with van der Waals surface area (Å²) in [5.74, 6) is -0.532. The highest BCUT2D eigenvalue weighted by atomic mass is 35.5. The SMILES string of the molecule is O=C(Nc1sc2c(c1C(=O)NN=Cc1ccc(Cl)c(C(F)(F)F)c1)CCCC2)c1cccc(CN2CCC(CO)CC2)c1. The zero-order valence-corrected chi connectivity index (χ0v) is 24.9. The number of nitrogens with one attached hydrogen (secondary N) is 2. The van der Waals surface area contributed by atoms with Gasteiger partial charge in [-0.3, -0.25) is 14.5 Å². The maximum Gasteiger partial charge on any atom is 0.417 e. The Morgan fingerprint density at radius 3 is 2.60 bits per heavy atom. The molecule has 0 unspecified atom stereocenters. The molecule has 0 spiro atoms. The Bertz CT molecular complexity index is 1520. The molecule has 0 atom stereocenters. The van der Waals surface area contributed by atoms with Crippen molar-refractivity contribution >= 4 is 46.0 Å². The largest absolute Gasteiger partial charge is 0.417 e. The van der Waals surface area contributed by atoms with E-state index in [2.05, 4.69) is 20.7 Å². The van der Waals surface area contributed by atoms with Crippen LogP contribution in [0.2, 0.25) is 5.02 Å². The molecule has 43 heavy (non-hydrogen) atoms. The Morgan fingerprint density at radius 1 is 1.09 bits per heavy atom. The van der Waals surface area contributed by atoms with Gasteiger partial charge in [-0.2, -0.15) is 18.3 Å². The van der Waals surface area contributed by atoms with Gasteiger partial charge in [0.1, 0.15) is 5.00 Å². The number of anilines is 1. The summed E-state index contributed by atoms with van der Waals surface area (Å²) < 4.78 is 39.6. The van der Waals surface area contributed by atoms with Crippen molar-refractivity contribution in [2.75, 3.05) is 25.0 Å². The molecule has 3 N–H and O–H groups in total. The molecular weight excluding hydrogens is 601 g/mol. The van der Waals surface area contributed by atoms with E-state index < -0.39 is 22.7 Å². The number of aliphatic hydroxyl groups excluding tert-OH is 1. The van der Waals surface area contributed by atoms with Crippen molar-refractivity contribution in [3.63, 3.8) is 0 Å². The lowest BCUT2D eigenvalue weighted by atomic mass is 9.95. The number of benzene rings is 2. The number of hydrogen-bond acceptors (Lipinski definition) is 6. The molecule has 1 saturated heterocycles. The van der Waals surface area contributed by atoms with Gasteiger partial charge in [0.2, 0.25) is 0 Å². The van der Waals surface area contributed by atoms with Crippen LogP contribution in [0.15, 0.2) is 47.6 Å². The fourth-order valence-electron chi connectivity index (χ4n) is 5.53. The predicted molar refractivity (Wildman–Crippen MR) is 162 cm³/mol. The standard InChI is InChI=1S/C31H32ClF3N4O3S/c32-25-9-8-20(15-24(25)31(33,34)35)16-36-38-29(42)27-23-6-1-2-7-26(23)43-30(27)37-28(41)22-5-3-4-21(14-22)17-39-12-10-19(18-40)11-13-39/h3-5,8-9,14-16,19,40H,1-2,6-7,10-13,17-18H2,(H,37,41)(H,38,42). The van der Waals surface area contributed by atoms with Gasteiger partial charge < -0.3 is 10.4 Å². The Kier molecular flexibility index (Phi) is 9.85. The second-order valence-electron chi connectivity index (χ2n) is 10.9. The van der Waals surface area contributed by atoms with Gasteiger partial charge in [-0.05, 0) is 98.5 Å². The van der Waals surface area contributed by atoms with E-state index in [4.69, 9.17) is 11.6 Å². The zero-order valence-electron chi connectivity index (χ0n) is 23.3. The third-order valence-electron chi connectivity index (χ3n) is 7.86. The van der Waals surface area contributed by atoms with E-state index in [9.17, 15) is 27.9 Å². The third-order valence-corrected chi connectivity index (χ3v) is 9.40. The topological polar surface area (TPSA) is 94.0 Å². The number of carbonyl (C=O) groups excluding carboxylic acids is 2. The van der Waals surface area contributed by atoms with Crippen LogP contribution in [-0.4, -0.2) is 47.7 Å². The molecule has 2 aliphatic rings. The van der Waals surface area contributed by atoms with E-state index in [1.54, 1.807) is 6.07 Å². The number of hydrogen-bond donors (Lipinski definition) is 3. The van der Waals surface area contributed by atoms with E-state index >= 15 is 0 Å². The molecule has 1 aliphatic heterocycles. The number of alkyl halides is 3. The van der Waals surface area contributed by atoms with Crippen molar-refractivity contribution in [1.82, 2.24) is 10.3 Å². The first-order chi connectivity index (χ1) is 20.6. The van der Waals surface area contributed by atoms with Crippen LogP contribution in [0.4, 0.5) is 18.2 Å². The van der Waals surface area contributed by atoms with Crippen molar-refractivity contribution in [3.8, 4) is 0 Å². The highest BCUT2D eigenvalue weighted by molar-refractivity contribution is 7.17. The first-order valence-electron chi connectivity index (χ1n) is 14.2. The van der Waals surface area contributed by atoms with E-state index in [1.807, 2.05) is 18.2 Å². The molecule has 1 fully saturated rings. The van der Waals surface area contributed by atoms with Crippen LogP contribution in [0.1, 0.15) is 73.5 Å². The second-order valence-corrected chi connectivity index (χ2v) is 12.4. The van der Waals surface area contributed by atoms with Gasteiger partial charge in [-0.25, -0.2) is 5.43 Å². The number of amides is 2. The van der Waals surface area contributed by atoms with Crippen molar-refractivity contribution < 1.29 is 27.9 Å². The lowest BCUT2D eigenvalue weighted by Crippen LogP contribution is -2.34. The maximum atomic E-state index is 13.4. The summed E-state index contributed by atoms with van der Waals surface area (Å²) in [5, 5.41) is 16.2. The Balaban J connectivity index is 1.30. The van der Waals surface area contributed by atoms with Crippen LogP contribution >= 0.6 is 22.9 Å². The molecule has 2 aromatic carbocycles. The predicted octanol–water partition coefficient (Wildman–Crippen LogP) is 6.52. The van der Waals surface area contributed by atoms with Gasteiger partial charge in [0, 0.05) is 23.6 Å². The van der Waals surface area contributed by atoms with Crippen LogP contribution < -0.4 is 10.7 Å². The number of nitrogens with zero attached hydrogens (tertiary/aromatic N) is 2. The van der Waals surface area contributed by atoms with Crippen molar-refractivity contribution in [2.45, 2.75) is 51.2 Å². The summed E-state index contributed by atoms with van der Waals surface area (Å²) >= 11 is 7.06. The van der Waals surface area contributed by atoms with Crippen LogP contribution in [0, 0.1) is 5.92 Å². The van der Waals surface area contributed by atoms with E-state index in [0.717, 1.165) is 79.5 Å². The lowest BCUT2D eigenvalue weighted by Gasteiger charge is -2.31. The molecule has 228 valence electrons. The molecule has 0 radical (unpaired) electrons. The number of rotatable bonds is 8. The van der Waals surface area contributed by atoms with Crippen LogP contribution in [0.3, 0.4) is 0 Å². The van der Waals surface area contributed by atoms with Crippen LogP contribution in [0.5, 0.6) is 0 Å². The molecule has 2 amide bonds. The number of halogens is 4. The van der Waals surface area contributed by atoms with Gasteiger partial charge in [0.25, 0.3) is 11.8 Å². The number of piperidine rings is 1. The van der Waals surface area contributed by atoms with Gasteiger partial charge in [-0.15, -0.1) is 11.3 Å². The van der Waals surface area contributed by atoms with E-state index in [1.165, 1.54) is 17.4 Å². The van der Waals surface area contributed by atoms with Gasteiger partial charge in [0.15, 0.2) is 0 Å². The fourth-order valence-corrected chi connectivity index (χ4v) is 7.03. The number of likely N-dealkylation sites (tertiary alicyclic amines) is 1. The highest BCUT2D eigenvalue weighted by Crippen LogP contribution is 2.38. The highest BCUT2D eigenvalue weighted by Gasteiger charge is 2.33. The van der Waals surface area contributed by atoms with Crippen molar-refractivity contribution in [3.05, 3.63) is 85.7 Å². The van der Waals surface area contributed by atoms with E-state index in [0.29, 0.717) is 35.0 Å². The maximum absolute atomic E-state index is 13.4. The Morgan fingerprint density at radius 2 is 1.86 bits per heavy atom. The molecule has 1 aliphatic carbocycles. The minimum absolute atomic E-state index is 0.121.